The Morgan fingerprint density at radius 3 is 2.29 bits per heavy atom. The molecule has 0 radical (unpaired) electrons. The molecular weight excluding hydrogens is 414 g/mol. The van der Waals surface area contributed by atoms with Gasteiger partial charge in [-0.05, 0) is 31.2 Å². The van der Waals surface area contributed by atoms with E-state index in [1.807, 2.05) is 31.2 Å². The zero-order valence-electron chi connectivity index (χ0n) is 17.3. The fraction of sp³-hybridized carbons (Fsp3) is 0.136. The zero-order valence-corrected chi connectivity index (χ0v) is 18.1. The summed E-state index contributed by atoms with van der Waals surface area (Å²) in [6.45, 7) is 1.89. The quantitative estimate of drug-likeness (QED) is 0.466. The number of rotatable bonds is 6. The summed E-state index contributed by atoms with van der Waals surface area (Å²) >= 11 is 0. The molecular formula is C22H21N5O3S. The minimum absolute atomic E-state index is 0.216. The standard InChI is InChI=1S/C22H21N5O3S/c1-15-12-21-24-20(17-6-4-16(14-28)5-7-17)13-22(27(21)25-15)23-18-8-10-19(11-9-18)31(29,30)26(2)3/h4-14,23H,1-3H3. The minimum atomic E-state index is -3.49. The van der Waals surface area contributed by atoms with Crippen LogP contribution in [0.15, 0.2) is 65.6 Å². The smallest absolute Gasteiger partial charge is 0.242 e. The van der Waals surface area contributed by atoms with Crippen LogP contribution in [0.5, 0.6) is 0 Å². The molecule has 31 heavy (non-hydrogen) atoms. The summed E-state index contributed by atoms with van der Waals surface area (Å²) < 4.78 is 27.5. The molecule has 2 aromatic carbocycles. The molecule has 0 fully saturated rings. The number of benzene rings is 2. The number of nitrogens with zero attached hydrogens (tertiary/aromatic N) is 4. The third-order valence-electron chi connectivity index (χ3n) is 4.80. The van der Waals surface area contributed by atoms with Crippen LogP contribution in [0.25, 0.3) is 16.9 Å². The molecule has 0 aliphatic carbocycles. The molecule has 0 unspecified atom stereocenters. The Bertz CT molecular complexity index is 1360. The van der Waals surface area contributed by atoms with Crippen LogP contribution in [0.1, 0.15) is 16.1 Å². The van der Waals surface area contributed by atoms with Crippen LogP contribution in [0.3, 0.4) is 0 Å². The van der Waals surface area contributed by atoms with E-state index in [2.05, 4.69) is 15.4 Å². The third kappa shape index (κ3) is 4.05. The van der Waals surface area contributed by atoms with E-state index in [1.54, 1.807) is 40.9 Å². The number of fused-ring (bicyclic) bond motifs is 1. The van der Waals surface area contributed by atoms with E-state index < -0.39 is 10.0 Å². The van der Waals surface area contributed by atoms with Crippen molar-refractivity contribution in [2.24, 2.45) is 0 Å². The van der Waals surface area contributed by atoms with Crippen LogP contribution < -0.4 is 5.32 Å². The first-order chi connectivity index (χ1) is 14.8. The lowest BCUT2D eigenvalue weighted by Crippen LogP contribution is -2.22. The Kier molecular flexibility index (Phi) is 5.30. The maximum absolute atomic E-state index is 12.3. The summed E-state index contributed by atoms with van der Waals surface area (Å²) in [6.07, 6.45) is 0.799. The Hall–Kier alpha value is -3.56. The molecule has 2 aromatic heterocycles. The van der Waals surface area contributed by atoms with Gasteiger partial charge in [0.25, 0.3) is 0 Å². The average molecular weight is 436 g/mol. The highest BCUT2D eigenvalue weighted by Gasteiger charge is 2.17. The van der Waals surface area contributed by atoms with E-state index in [4.69, 9.17) is 0 Å². The lowest BCUT2D eigenvalue weighted by molar-refractivity contribution is 0.112. The van der Waals surface area contributed by atoms with Crippen molar-refractivity contribution in [2.75, 3.05) is 19.4 Å². The van der Waals surface area contributed by atoms with Gasteiger partial charge in [-0.25, -0.2) is 17.7 Å². The van der Waals surface area contributed by atoms with Gasteiger partial charge in [0.15, 0.2) is 5.65 Å². The summed E-state index contributed by atoms with van der Waals surface area (Å²) in [6, 6.07) is 17.4. The Morgan fingerprint density at radius 1 is 1.00 bits per heavy atom. The van der Waals surface area contributed by atoms with Gasteiger partial charge < -0.3 is 5.32 Å². The van der Waals surface area contributed by atoms with Crippen molar-refractivity contribution < 1.29 is 13.2 Å². The van der Waals surface area contributed by atoms with Crippen molar-refractivity contribution in [3.8, 4) is 11.3 Å². The van der Waals surface area contributed by atoms with Gasteiger partial charge in [0, 0.05) is 43.0 Å². The van der Waals surface area contributed by atoms with Gasteiger partial charge in [0.05, 0.1) is 16.3 Å². The van der Waals surface area contributed by atoms with Crippen LogP contribution in [0.4, 0.5) is 11.5 Å². The van der Waals surface area contributed by atoms with Gasteiger partial charge in [-0.1, -0.05) is 24.3 Å². The van der Waals surface area contributed by atoms with Crippen molar-refractivity contribution >= 4 is 33.5 Å². The lowest BCUT2D eigenvalue weighted by Gasteiger charge is -2.13. The van der Waals surface area contributed by atoms with Gasteiger partial charge >= 0.3 is 0 Å². The number of aryl methyl sites for hydroxylation is 1. The van der Waals surface area contributed by atoms with Gasteiger partial charge in [0.2, 0.25) is 10.0 Å². The van der Waals surface area contributed by atoms with Crippen LogP contribution >= 0.6 is 0 Å². The second-order valence-electron chi connectivity index (χ2n) is 7.26. The molecule has 0 aliphatic heterocycles. The number of aldehydes is 1. The number of carbonyl (C=O) groups is 1. The van der Waals surface area contributed by atoms with Gasteiger partial charge in [-0.2, -0.15) is 9.61 Å². The Labute approximate surface area is 180 Å². The second kappa shape index (κ2) is 7.93. The number of anilines is 2. The molecule has 2 heterocycles. The summed E-state index contributed by atoms with van der Waals surface area (Å²) in [5, 5.41) is 7.79. The van der Waals surface area contributed by atoms with Crippen LogP contribution in [0.2, 0.25) is 0 Å². The molecule has 0 amide bonds. The first kappa shape index (κ1) is 20.7. The van der Waals surface area contributed by atoms with E-state index in [0.717, 1.165) is 23.2 Å². The van der Waals surface area contributed by atoms with Crippen LogP contribution in [0, 0.1) is 6.92 Å². The number of aromatic nitrogens is 3. The van der Waals surface area contributed by atoms with Gasteiger partial charge in [-0.3, -0.25) is 4.79 Å². The monoisotopic (exact) mass is 435 g/mol. The predicted octanol–water partition coefficient (Wildman–Crippen LogP) is 3.51. The molecule has 4 aromatic rings. The SMILES string of the molecule is Cc1cc2nc(-c3ccc(C=O)cc3)cc(Nc3ccc(S(=O)(=O)N(C)C)cc3)n2n1. The van der Waals surface area contributed by atoms with E-state index in [9.17, 15) is 13.2 Å². The fourth-order valence-corrected chi connectivity index (χ4v) is 4.03. The molecule has 9 heteroatoms. The molecule has 0 saturated heterocycles. The highest BCUT2D eigenvalue weighted by molar-refractivity contribution is 7.89. The van der Waals surface area contributed by atoms with E-state index in [0.29, 0.717) is 22.7 Å². The fourth-order valence-electron chi connectivity index (χ4n) is 3.13. The topological polar surface area (TPSA) is 96.7 Å². The summed E-state index contributed by atoms with van der Waals surface area (Å²) in [4.78, 5) is 15.8. The van der Waals surface area contributed by atoms with E-state index in [1.165, 1.54) is 18.4 Å². The average Bonchev–Trinajstić information content (AvgIpc) is 3.14. The van der Waals surface area contributed by atoms with Crippen LogP contribution in [-0.2, 0) is 10.0 Å². The number of sulfonamides is 1. The number of hydrogen-bond acceptors (Lipinski definition) is 6. The second-order valence-corrected chi connectivity index (χ2v) is 9.41. The zero-order chi connectivity index (χ0) is 22.2. The molecule has 8 nitrogen and oxygen atoms in total. The Morgan fingerprint density at radius 2 is 1.68 bits per heavy atom. The largest absolute Gasteiger partial charge is 0.340 e. The van der Waals surface area contributed by atoms with Crippen LogP contribution in [-0.4, -0.2) is 47.7 Å². The molecule has 0 spiro atoms. The Balaban J connectivity index is 1.73. The summed E-state index contributed by atoms with van der Waals surface area (Å²) in [7, 11) is -0.496. The lowest BCUT2D eigenvalue weighted by atomic mass is 10.1. The molecule has 0 bridgehead atoms. The first-order valence-corrected chi connectivity index (χ1v) is 10.9. The molecule has 4 rings (SSSR count). The molecule has 158 valence electrons. The third-order valence-corrected chi connectivity index (χ3v) is 6.63. The maximum Gasteiger partial charge on any atom is 0.242 e. The van der Waals surface area contributed by atoms with Crippen molar-refractivity contribution in [1.29, 1.82) is 0 Å². The predicted molar refractivity (Wildman–Crippen MR) is 119 cm³/mol. The highest BCUT2D eigenvalue weighted by atomic mass is 32.2. The van der Waals surface area contributed by atoms with Gasteiger partial charge in [0.1, 0.15) is 12.1 Å². The molecule has 0 atom stereocenters. The highest BCUT2D eigenvalue weighted by Crippen LogP contribution is 2.26. The summed E-state index contributed by atoms with van der Waals surface area (Å²) in [5.74, 6) is 0.677. The van der Waals surface area contributed by atoms with Crippen molar-refractivity contribution in [1.82, 2.24) is 18.9 Å². The molecule has 1 N–H and O–H groups in total. The van der Waals surface area contributed by atoms with Gasteiger partial charge in [-0.15, -0.1) is 0 Å². The van der Waals surface area contributed by atoms with Crippen molar-refractivity contribution in [3.05, 3.63) is 71.9 Å². The molecule has 0 saturated carbocycles. The number of hydrogen-bond donors (Lipinski definition) is 1. The molecule has 0 aliphatic rings. The minimum Gasteiger partial charge on any atom is -0.340 e. The van der Waals surface area contributed by atoms with E-state index >= 15 is 0 Å². The first-order valence-electron chi connectivity index (χ1n) is 9.50. The summed E-state index contributed by atoms with van der Waals surface area (Å²) in [5.41, 5.74) is 4.37. The van der Waals surface area contributed by atoms with Crippen molar-refractivity contribution in [3.63, 3.8) is 0 Å². The normalized spacial score (nSPS) is 11.7. The maximum atomic E-state index is 12.3. The van der Waals surface area contributed by atoms with Crippen molar-refractivity contribution in [2.45, 2.75) is 11.8 Å². The number of nitrogens with one attached hydrogen (secondary N) is 1. The number of carbonyl (C=O) groups excluding carboxylic acids is 1. The van der Waals surface area contributed by atoms with E-state index in [-0.39, 0.29) is 4.90 Å².